The third-order valence-electron chi connectivity index (χ3n) is 4.23. The number of benzene rings is 1. The zero-order chi connectivity index (χ0) is 17.7. The van der Waals surface area contributed by atoms with Gasteiger partial charge in [-0.3, -0.25) is 10.1 Å². The number of piperidine rings is 1. The lowest BCUT2D eigenvalue weighted by molar-refractivity contribution is -0.385. The maximum atomic E-state index is 12.2. The summed E-state index contributed by atoms with van der Waals surface area (Å²) in [5.74, 6) is 1.35. The molecule has 0 bridgehead atoms. The molecule has 1 aliphatic heterocycles. The van der Waals surface area contributed by atoms with Crippen LogP contribution in [0.2, 0.25) is 0 Å². The first-order valence-electron chi connectivity index (χ1n) is 8.24. The number of nitro benzene ring substituents is 1. The van der Waals surface area contributed by atoms with Crippen LogP contribution >= 0.6 is 0 Å². The minimum Gasteiger partial charge on any atom is -0.303 e. The van der Waals surface area contributed by atoms with E-state index in [1.165, 1.54) is 24.6 Å². The van der Waals surface area contributed by atoms with Gasteiger partial charge in [0.05, 0.1) is 9.82 Å². The fourth-order valence-electron chi connectivity index (χ4n) is 3.33. The highest BCUT2D eigenvalue weighted by Gasteiger charge is 2.21. The second kappa shape index (κ2) is 8.04. The van der Waals surface area contributed by atoms with Crippen LogP contribution in [0, 0.1) is 22.0 Å². The number of nitro groups is 1. The molecule has 7 nitrogen and oxygen atoms in total. The molecule has 0 aromatic heterocycles. The summed E-state index contributed by atoms with van der Waals surface area (Å²) in [5.41, 5.74) is -0.228. The fourth-order valence-corrected chi connectivity index (χ4v) is 4.44. The van der Waals surface area contributed by atoms with Crippen LogP contribution in [-0.4, -0.2) is 44.4 Å². The van der Waals surface area contributed by atoms with E-state index in [1.54, 1.807) is 0 Å². The van der Waals surface area contributed by atoms with Crippen molar-refractivity contribution in [1.82, 2.24) is 9.62 Å². The molecule has 24 heavy (non-hydrogen) atoms. The highest BCUT2D eigenvalue weighted by Crippen LogP contribution is 2.21. The van der Waals surface area contributed by atoms with Crippen molar-refractivity contribution in [3.8, 4) is 0 Å². The van der Waals surface area contributed by atoms with Crippen LogP contribution in [0.15, 0.2) is 29.2 Å². The number of hydrogen-bond acceptors (Lipinski definition) is 5. The van der Waals surface area contributed by atoms with Gasteiger partial charge in [0.15, 0.2) is 0 Å². The average Bonchev–Trinajstić information content (AvgIpc) is 2.51. The number of rotatable bonds is 7. The van der Waals surface area contributed by atoms with Crippen molar-refractivity contribution in [1.29, 1.82) is 0 Å². The van der Waals surface area contributed by atoms with E-state index in [0.29, 0.717) is 24.8 Å². The Labute approximate surface area is 143 Å². The van der Waals surface area contributed by atoms with E-state index in [2.05, 4.69) is 23.5 Å². The fraction of sp³-hybridized carbons (Fsp3) is 0.625. The maximum absolute atomic E-state index is 12.2. The summed E-state index contributed by atoms with van der Waals surface area (Å²) >= 11 is 0. The van der Waals surface area contributed by atoms with E-state index in [-0.39, 0.29) is 10.6 Å². The molecule has 0 aliphatic carbocycles. The molecular weight excluding hydrogens is 330 g/mol. The third-order valence-corrected chi connectivity index (χ3v) is 5.69. The lowest BCUT2D eigenvalue weighted by Gasteiger charge is -2.34. The molecule has 1 aromatic rings. The summed E-state index contributed by atoms with van der Waals surface area (Å²) in [6, 6.07) is 5.10. The number of hydrogen-bond donors (Lipinski definition) is 1. The Balaban J connectivity index is 1.85. The molecule has 2 unspecified atom stereocenters. The lowest BCUT2D eigenvalue weighted by atomic mass is 9.92. The van der Waals surface area contributed by atoms with Gasteiger partial charge in [-0.05, 0) is 37.3 Å². The highest BCUT2D eigenvalue weighted by molar-refractivity contribution is 7.89. The van der Waals surface area contributed by atoms with Gasteiger partial charge in [-0.15, -0.1) is 0 Å². The van der Waals surface area contributed by atoms with Crippen LogP contribution < -0.4 is 4.72 Å². The standard InChI is InChI=1S/C16H25N3O4S/c1-13-9-14(2)12-18(11-13)8-4-7-17-24(22,23)16-6-3-5-15(10-16)19(20)21/h3,5-6,10,13-14,17H,4,7-9,11-12H2,1-2H3. The first-order chi connectivity index (χ1) is 11.3. The molecule has 8 heteroatoms. The third kappa shape index (κ3) is 5.25. The molecule has 2 rings (SSSR count). The highest BCUT2D eigenvalue weighted by atomic mass is 32.2. The Morgan fingerprint density at radius 2 is 1.96 bits per heavy atom. The molecule has 1 saturated heterocycles. The molecule has 0 saturated carbocycles. The van der Waals surface area contributed by atoms with Crippen molar-refractivity contribution in [2.24, 2.45) is 11.8 Å². The van der Waals surface area contributed by atoms with Gasteiger partial charge in [-0.1, -0.05) is 19.9 Å². The van der Waals surface area contributed by atoms with Crippen LogP contribution in [0.3, 0.4) is 0 Å². The average molecular weight is 355 g/mol. The number of sulfonamides is 1. The Hall–Kier alpha value is -1.51. The number of nitrogens with one attached hydrogen (secondary N) is 1. The summed E-state index contributed by atoms with van der Waals surface area (Å²) in [5, 5.41) is 10.8. The SMILES string of the molecule is CC1CC(C)CN(CCCNS(=O)(=O)c2cccc([N+](=O)[O-])c2)C1. The van der Waals surface area contributed by atoms with Gasteiger partial charge < -0.3 is 4.90 Å². The molecule has 1 fully saturated rings. The smallest absolute Gasteiger partial charge is 0.270 e. The molecule has 1 aromatic carbocycles. The zero-order valence-electron chi connectivity index (χ0n) is 14.1. The van der Waals surface area contributed by atoms with E-state index >= 15 is 0 Å². The first-order valence-corrected chi connectivity index (χ1v) is 9.72. The van der Waals surface area contributed by atoms with Gasteiger partial charge in [0.2, 0.25) is 10.0 Å². The topological polar surface area (TPSA) is 92.6 Å². The van der Waals surface area contributed by atoms with E-state index < -0.39 is 14.9 Å². The Bertz CT molecular complexity index is 668. The Morgan fingerprint density at radius 3 is 2.58 bits per heavy atom. The van der Waals surface area contributed by atoms with Crippen LogP contribution in [0.4, 0.5) is 5.69 Å². The minimum atomic E-state index is -3.71. The van der Waals surface area contributed by atoms with E-state index in [0.717, 1.165) is 25.7 Å². The van der Waals surface area contributed by atoms with Crippen LogP contribution in [0.5, 0.6) is 0 Å². The summed E-state index contributed by atoms with van der Waals surface area (Å²) in [7, 11) is -3.71. The summed E-state index contributed by atoms with van der Waals surface area (Å²) in [4.78, 5) is 12.5. The van der Waals surface area contributed by atoms with Crippen LogP contribution in [-0.2, 0) is 10.0 Å². The van der Waals surface area contributed by atoms with Crippen molar-refractivity contribution in [3.05, 3.63) is 34.4 Å². The van der Waals surface area contributed by atoms with Crippen molar-refractivity contribution >= 4 is 15.7 Å². The number of non-ortho nitro benzene ring substituents is 1. The number of likely N-dealkylation sites (tertiary alicyclic amines) is 1. The largest absolute Gasteiger partial charge is 0.303 e. The maximum Gasteiger partial charge on any atom is 0.270 e. The van der Waals surface area contributed by atoms with Gasteiger partial charge in [0, 0.05) is 31.8 Å². The Morgan fingerprint density at radius 1 is 1.29 bits per heavy atom. The van der Waals surface area contributed by atoms with E-state index in [4.69, 9.17) is 0 Å². The molecular formula is C16H25N3O4S. The number of nitrogens with zero attached hydrogens (tertiary/aromatic N) is 2. The quantitative estimate of drug-likeness (QED) is 0.460. The molecule has 0 radical (unpaired) electrons. The van der Waals surface area contributed by atoms with E-state index in [1.807, 2.05) is 0 Å². The van der Waals surface area contributed by atoms with Crippen LogP contribution in [0.1, 0.15) is 26.7 Å². The Kier molecular flexibility index (Phi) is 6.31. The van der Waals surface area contributed by atoms with E-state index in [9.17, 15) is 18.5 Å². The normalized spacial score (nSPS) is 22.4. The molecule has 1 heterocycles. The minimum absolute atomic E-state index is 0.0723. The van der Waals surface area contributed by atoms with Crippen molar-refractivity contribution in [2.75, 3.05) is 26.2 Å². The van der Waals surface area contributed by atoms with Gasteiger partial charge in [-0.25, -0.2) is 13.1 Å². The van der Waals surface area contributed by atoms with Crippen molar-refractivity contribution in [3.63, 3.8) is 0 Å². The van der Waals surface area contributed by atoms with Gasteiger partial charge in [0.25, 0.3) is 5.69 Å². The lowest BCUT2D eigenvalue weighted by Crippen LogP contribution is -2.40. The zero-order valence-corrected chi connectivity index (χ0v) is 15.0. The molecule has 2 atom stereocenters. The molecule has 1 aliphatic rings. The second-order valence-electron chi connectivity index (χ2n) is 6.71. The summed E-state index contributed by atoms with van der Waals surface area (Å²) in [6.45, 7) is 7.78. The predicted molar refractivity (Wildman–Crippen MR) is 92.3 cm³/mol. The van der Waals surface area contributed by atoms with Gasteiger partial charge >= 0.3 is 0 Å². The van der Waals surface area contributed by atoms with Gasteiger partial charge in [-0.2, -0.15) is 0 Å². The molecule has 134 valence electrons. The monoisotopic (exact) mass is 355 g/mol. The van der Waals surface area contributed by atoms with Gasteiger partial charge in [0.1, 0.15) is 0 Å². The first kappa shape index (κ1) is 18.8. The van der Waals surface area contributed by atoms with Crippen molar-refractivity contribution < 1.29 is 13.3 Å². The predicted octanol–water partition coefficient (Wildman–Crippen LogP) is 2.24. The second-order valence-corrected chi connectivity index (χ2v) is 8.48. The molecule has 1 N–H and O–H groups in total. The summed E-state index contributed by atoms with van der Waals surface area (Å²) in [6.07, 6.45) is 1.96. The van der Waals surface area contributed by atoms with Crippen LogP contribution in [0.25, 0.3) is 0 Å². The van der Waals surface area contributed by atoms with Crippen molar-refractivity contribution in [2.45, 2.75) is 31.6 Å². The molecule has 0 spiro atoms. The summed E-state index contributed by atoms with van der Waals surface area (Å²) < 4.78 is 27.0. The molecule has 0 amide bonds.